The molecule has 4 heteroatoms. The molecule has 25 heavy (non-hydrogen) atoms. The normalized spacial score (nSPS) is 12.2. The summed E-state index contributed by atoms with van der Waals surface area (Å²) < 4.78 is 1.07. The zero-order chi connectivity index (χ0) is 17.2. The molecule has 0 saturated heterocycles. The number of fused-ring (bicyclic) bond motifs is 1. The van der Waals surface area contributed by atoms with E-state index in [9.17, 15) is 0 Å². The van der Waals surface area contributed by atoms with Crippen LogP contribution in [-0.4, -0.2) is 9.97 Å². The molecule has 4 aromatic rings. The Hall–Kier alpha value is -2.59. The molecular formula is C21H18BrN3. The summed E-state index contributed by atoms with van der Waals surface area (Å²) in [6.45, 7) is 2.13. The van der Waals surface area contributed by atoms with Gasteiger partial charge in [-0.15, -0.1) is 0 Å². The van der Waals surface area contributed by atoms with Crippen molar-refractivity contribution < 1.29 is 0 Å². The van der Waals surface area contributed by atoms with Crippen LogP contribution in [0.15, 0.2) is 77.4 Å². The fourth-order valence-electron chi connectivity index (χ4n) is 3.27. The van der Waals surface area contributed by atoms with Gasteiger partial charge in [-0.2, -0.15) is 0 Å². The number of H-pyrrole nitrogens is 1. The zero-order valence-electron chi connectivity index (χ0n) is 13.8. The summed E-state index contributed by atoms with van der Waals surface area (Å²) in [5.41, 5.74) is 4.75. The predicted octanol–water partition coefficient (Wildman–Crippen LogP) is 5.84. The number of pyridine rings is 1. The lowest BCUT2D eigenvalue weighted by molar-refractivity contribution is 0.920. The van der Waals surface area contributed by atoms with Crippen molar-refractivity contribution in [2.75, 3.05) is 5.32 Å². The molecule has 2 N–H and O–H groups in total. The molecule has 3 nitrogen and oxygen atoms in total. The molecule has 0 fully saturated rings. The van der Waals surface area contributed by atoms with Crippen molar-refractivity contribution in [3.63, 3.8) is 0 Å². The molecule has 0 aliphatic rings. The summed E-state index contributed by atoms with van der Waals surface area (Å²) in [6.07, 6.45) is 1.81. The van der Waals surface area contributed by atoms with Crippen molar-refractivity contribution >= 4 is 32.7 Å². The number of hydrogen-bond acceptors (Lipinski definition) is 2. The zero-order valence-corrected chi connectivity index (χ0v) is 15.4. The molecular weight excluding hydrogens is 374 g/mol. The molecule has 0 unspecified atom stereocenters. The van der Waals surface area contributed by atoms with E-state index >= 15 is 0 Å². The van der Waals surface area contributed by atoms with Crippen molar-refractivity contribution in [2.45, 2.75) is 13.0 Å². The van der Waals surface area contributed by atoms with E-state index in [2.05, 4.69) is 80.6 Å². The number of para-hydroxylation sites is 1. The van der Waals surface area contributed by atoms with Gasteiger partial charge in [-0.25, -0.2) is 4.98 Å². The van der Waals surface area contributed by atoms with Gasteiger partial charge in [0.05, 0.1) is 6.04 Å². The number of halogens is 1. The third-order valence-corrected chi connectivity index (χ3v) is 4.86. The summed E-state index contributed by atoms with van der Waals surface area (Å²) in [5, 5.41) is 4.84. The minimum Gasteiger partial charge on any atom is -0.359 e. The summed E-state index contributed by atoms with van der Waals surface area (Å²) in [7, 11) is 0. The minimum atomic E-state index is 0.00329. The van der Waals surface area contributed by atoms with Crippen LogP contribution in [0.1, 0.15) is 22.9 Å². The largest absolute Gasteiger partial charge is 0.359 e. The fourth-order valence-corrected chi connectivity index (χ4v) is 3.69. The van der Waals surface area contributed by atoms with Gasteiger partial charge >= 0.3 is 0 Å². The van der Waals surface area contributed by atoms with Crippen LogP contribution in [0, 0.1) is 6.92 Å². The van der Waals surface area contributed by atoms with Crippen LogP contribution in [0.5, 0.6) is 0 Å². The highest BCUT2D eigenvalue weighted by Crippen LogP contribution is 2.34. The number of benzene rings is 2. The topological polar surface area (TPSA) is 40.7 Å². The van der Waals surface area contributed by atoms with Crippen molar-refractivity contribution in [3.8, 4) is 0 Å². The van der Waals surface area contributed by atoms with E-state index in [-0.39, 0.29) is 6.04 Å². The van der Waals surface area contributed by atoms with Gasteiger partial charge in [-0.3, -0.25) is 0 Å². The number of rotatable bonds is 4. The molecule has 2 aromatic carbocycles. The minimum absolute atomic E-state index is 0.00329. The molecule has 0 bridgehead atoms. The number of nitrogens with one attached hydrogen (secondary N) is 2. The second-order valence-electron chi connectivity index (χ2n) is 6.06. The average Bonchev–Trinajstić information content (AvgIpc) is 2.96. The smallest absolute Gasteiger partial charge is 0.126 e. The molecule has 0 radical (unpaired) electrons. The van der Waals surface area contributed by atoms with E-state index in [0.717, 1.165) is 21.5 Å². The van der Waals surface area contributed by atoms with Gasteiger partial charge in [-0.05, 0) is 42.8 Å². The maximum atomic E-state index is 4.45. The Morgan fingerprint density at radius 2 is 1.84 bits per heavy atom. The number of nitrogens with zero attached hydrogens (tertiary/aromatic N) is 1. The molecule has 0 spiro atoms. The third-order valence-electron chi connectivity index (χ3n) is 4.37. The van der Waals surface area contributed by atoms with E-state index < -0.39 is 0 Å². The molecule has 2 heterocycles. The van der Waals surface area contributed by atoms with Crippen LogP contribution in [0.2, 0.25) is 0 Å². The monoisotopic (exact) mass is 391 g/mol. The summed E-state index contributed by atoms with van der Waals surface area (Å²) in [4.78, 5) is 7.96. The second kappa shape index (κ2) is 6.73. The lowest BCUT2D eigenvalue weighted by Crippen LogP contribution is -2.14. The first-order chi connectivity index (χ1) is 12.2. The SMILES string of the molecule is Cc1[nH]c2ccccc2c1[C@H](Nc1ccccn1)c1cccc(Br)c1. The summed E-state index contributed by atoms with van der Waals surface area (Å²) in [5.74, 6) is 0.858. The lowest BCUT2D eigenvalue weighted by Gasteiger charge is -2.21. The molecule has 2 aromatic heterocycles. The molecule has 1 atom stereocenters. The Morgan fingerprint density at radius 1 is 1.00 bits per heavy atom. The molecule has 0 saturated carbocycles. The van der Waals surface area contributed by atoms with E-state index in [1.54, 1.807) is 0 Å². The Labute approximate surface area is 155 Å². The van der Waals surface area contributed by atoms with Gasteiger partial charge in [0, 0.05) is 32.8 Å². The molecule has 0 amide bonds. The Kier molecular flexibility index (Phi) is 4.28. The van der Waals surface area contributed by atoms with Gasteiger partial charge in [-0.1, -0.05) is 52.3 Å². The molecule has 0 aliphatic carbocycles. The number of hydrogen-bond donors (Lipinski definition) is 2. The highest BCUT2D eigenvalue weighted by Gasteiger charge is 2.21. The number of anilines is 1. The van der Waals surface area contributed by atoms with E-state index in [1.165, 1.54) is 16.5 Å². The maximum Gasteiger partial charge on any atom is 0.126 e. The van der Waals surface area contributed by atoms with Gasteiger partial charge < -0.3 is 10.3 Å². The number of aromatic amines is 1. The predicted molar refractivity (Wildman–Crippen MR) is 107 cm³/mol. The van der Waals surface area contributed by atoms with Gasteiger partial charge in [0.2, 0.25) is 0 Å². The van der Waals surface area contributed by atoms with E-state index in [0.29, 0.717) is 0 Å². The van der Waals surface area contributed by atoms with Gasteiger partial charge in [0.15, 0.2) is 0 Å². The first kappa shape index (κ1) is 15.9. The van der Waals surface area contributed by atoms with Crippen LogP contribution in [0.4, 0.5) is 5.82 Å². The van der Waals surface area contributed by atoms with Gasteiger partial charge in [0.1, 0.15) is 5.82 Å². The van der Waals surface area contributed by atoms with Crippen molar-refractivity contribution in [1.29, 1.82) is 0 Å². The second-order valence-corrected chi connectivity index (χ2v) is 6.97. The maximum absolute atomic E-state index is 4.45. The molecule has 0 aliphatic heterocycles. The Morgan fingerprint density at radius 3 is 2.64 bits per heavy atom. The highest BCUT2D eigenvalue weighted by atomic mass is 79.9. The number of aromatic nitrogens is 2. The molecule has 4 rings (SSSR count). The van der Waals surface area contributed by atoms with Crippen molar-refractivity contribution in [2.24, 2.45) is 0 Å². The third kappa shape index (κ3) is 3.17. The van der Waals surface area contributed by atoms with Gasteiger partial charge in [0.25, 0.3) is 0 Å². The van der Waals surface area contributed by atoms with Crippen molar-refractivity contribution in [3.05, 3.63) is 94.2 Å². The highest BCUT2D eigenvalue weighted by molar-refractivity contribution is 9.10. The Balaban J connectivity index is 1.89. The quantitative estimate of drug-likeness (QED) is 0.458. The standard InChI is InChI=1S/C21H18BrN3/c1-14-20(17-9-2-3-10-18(17)24-14)21(15-7-6-8-16(22)13-15)25-19-11-4-5-12-23-19/h2-13,21,24H,1H3,(H,23,25)/t21-/m1/s1. The number of aryl methyl sites for hydroxylation is 1. The van der Waals surface area contributed by atoms with Crippen LogP contribution >= 0.6 is 15.9 Å². The summed E-state index contributed by atoms with van der Waals surface area (Å²) in [6, 6.07) is 22.8. The first-order valence-corrected chi connectivity index (χ1v) is 9.02. The first-order valence-electron chi connectivity index (χ1n) is 8.22. The average molecular weight is 392 g/mol. The lowest BCUT2D eigenvalue weighted by atomic mass is 9.96. The van der Waals surface area contributed by atoms with Crippen LogP contribution in [-0.2, 0) is 0 Å². The van der Waals surface area contributed by atoms with E-state index in [4.69, 9.17) is 0 Å². The van der Waals surface area contributed by atoms with Crippen molar-refractivity contribution in [1.82, 2.24) is 9.97 Å². The summed E-state index contributed by atoms with van der Waals surface area (Å²) >= 11 is 3.60. The van der Waals surface area contributed by atoms with Crippen LogP contribution in [0.3, 0.4) is 0 Å². The fraction of sp³-hybridized carbons (Fsp3) is 0.0952. The van der Waals surface area contributed by atoms with E-state index in [1.807, 2.05) is 30.5 Å². The van der Waals surface area contributed by atoms with Crippen LogP contribution < -0.4 is 5.32 Å². The van der Waals surface area contributed by atoms with Crippen LogP contribution in [0.25, 0.3) is 10.9 Å². The Bertz CT molecular complexity index is 1010. The molecule has 124 valence electrons.